The van der Waals surface area contributed by atoms with Crippen LogP contribution in [0.2, 0.25) is 0 Å². The van der Waals surface area contributed by atoms with Gasteiger partial charge in [-0.1, -0.05) is 31.4 Å². The largest absolute Gasteiger partial charge is 0.398 e. The average molecular weight is 231 g/mol. The van der Waals surface area contributed by atoms with Gasteiger partial charge in [0.1, 0.15) is 0 Å². The molecule has 0 spiro atoms. The number of nitrogens with two attached hydrogens (primary N) is 1. The summed E-state index contributed by atoms with van der Waals surface area (Å²) in [6.07, 6.45) is 4.38. The fraction of sp³-hybridized carbons (Fsp3) is 0.533. The second kappa shape index (κ2) is 4.91. The number of rotatable bonds is 2. The molecule has 1 aromatic rings. The second-order valence-corrected chi connectivity index (χ2v) is 5.41. The molecule has 0 amide bonds. The molecule has 92 valence electrons. The number of carbonyl (C=O) groups is 1. The molecule has 0 atom stereocenters. The van der Waals surface area contributed by atoms with Crippen LogP contribution in [-0.4, -0.2) is 5.78 Å². The standard InChI is InChI=1S/C15H21NO/c1-10-3-6-12(7-4-10)15(17)13-9-11(2)5-8-14(13)16/h5,8-10,12H,3-4,6-7,16H2,1-2H3. The minimum Gasteiger partial charge on any atom is -0.398 e. The molecule has 2 nitrogen and oxygen atoms in total. The maximum Gasteiger partial charge on any atom is 0.168 e. The van der Waals surface area contributed by atoms with Crippen LogP contribution in [0.5, 0.6) is 0 Å². The highest BCUT2D eigenvalue weighted by molar-refractivity contribution is 6.02. The zero-order chi connectivity index (χ0) is 12.4. The summed E-state index contributed by atoms with van der Waals surface area (Å²) in [7, 11) is 0. The van der Waals surface area contributed by atoms with Crippen molar-refractivity contribution in [2.45, 2.75) is 39.5 Å². The highest BCUT2D eigenvalue weighted by Gasteiger charge is 2.26. The van der Waals surface area contributed by atoms with Gasteiger partial charge in [-0.05, 0) is 37.8 Å². The topological polar surface area (TPSA) is 43.1 Å². The molecule has 0 saturated heterocycles. The molecule has 0 aliphatic heterocycles. The van der Waals surface area contributed by atoms with E-state index in [9.17, 15) is 4.79 Å². The molecule has 0 aromatic heterocycles. The lowest BCUT2D eigenvalue weighted by Gasteiger charge is -2.25. The number of hydrogen-bond donors (Lipinski definition) is 1. The van der Waals surface area contributed by atoms with Crippen molar-refractivity contribution in [2.24, 2.45) is 11.8 Å². The molecule has 1 aliphatic rings. The van der Waals surface area contributed by atoms with Gasteiger partial charge >= 0.3 is 0 Å². The third-order valence-corrected chi connectivity index (χ3v) is 3.86. The Kier molecular flexibility index (Phi) is 3.51. The van der Waals surface area contributed by atoms with Gasteiger partial charge in [-0.3, -0.25) is 4.79 Å². The third-order valence-electron chi connectivity index (χ3n) is 3.86. The number of Topliss-reactive ketones (excluding diaryl/α,β-unsaturated/α-hetero) is 1. The van der Waals surface area contributed by atoms with Gasteiger partial charge in [-0.2, -0.15) is 0 Å². The molecular formula is C15H21NO. The highest BCUT2D eigenvalue weighted by atomic mass is 16.1. The molecule has 0 radical (unpaired) electrons. The van der Waals surface area contributed by atoms with E-state index < -0.39 is 0 Å². The van der Waals surface area contributed by atoms with E-state index in [0.717, 1.165) is 29.9 Å². The summed E-state index contributed by atoms with van der Waals surface area (Å²) in [4.78, 5) is 12.4. The van der Waals surface area contributed by atoms with Gasteiger partial charge < -0.3 is 5.73 Å². The van der Waals surface area contributed by atoms with E-state index in [0.29, 0.717) is 5.69 Å². The van der Waals surface area contributed by atoms with E-state index in [-0.39, 0.29) is 11.7 Å². The fourth-order valence-corrected chi connectivity index (χ4v) is 2.63. The van der Waals surface area contributed by atoms with Gasteiger partial charge in [0.25, 0.3) is 0 Å². The predicted molar refractivity (Wildman–Crippen MR) is 71.0 cm³/mol. The molecule has 0 heterocycles. The van der Waals surface area contributed by atoms with Crippen molar-refractivity contribution < 1.29 is 4.79 Å². The third kappa shape index (κ3) is 2.68. The lowest BCUT2D eigenvalue weighted by atomic mass is 9.79. The van der Waals surface area contributed by atoms with Crippen LogP contribution >= 0.6 is 0 Å². The highest BCUT2D eigenvalue weighted by Crippen LogP contribution is 2.31. The predicted octanol–water partition coefficient (Wildman–Crippen LogP) is 3.59. The van der Waals surface area contributed by atoms with Gasteiger partial charge in [0.05, 0.1) is 0 Å². The molecule has 17 heavy (non-hydrogen) atoms. The lowest BCUT2D eigenvalue weighted by Crippen LogP contribution is -2.21. The van der Waals surface area contributed by atoms with Crippen LogP contribution in [0.3, 0.4) is 0 Å². The summed E-state index contributed by atoms with van der Waals surface area (Å²) in [5.74, 6) is 1.21. The van der Waals surface area contributed by atoms with Crippen molar-refractivity contribution in [3.05, 3.63) is 29.3 Å². The zero-order valence-electron chi connectivity index (χ0n) is 10.7. The smallest absolute Gasteiger partial charge is 0.168 e. The minimum absolute atomic E-state index is 0.190. The van der Waals surface area contributed by atoms with Crippen LogP contribution in [0.15, 0.2) is 18.2 Å². The van der Waals surface area contributed by atoms with Crippen LogP contribution in [0.1, 0.15) is 48.5 Å². The van der Waals surface area contributed by atoms with Crippen molar-refractivity contribution in [3.63, 3.8) is 0 Å². The van der Waals surface area contributed by atoms with E-state index in [2.05, 4.69) is 6.92 Å². The summed E-state index contributed by atoms with van der Waals surface area (Å²) in [6, 6.07) is 5.72. The Morgan fingerprint density at radius 2 is 1.88 bits per heavy atom. The maximum atomic E-state index is 12.4. The van der Waals surface area contributed by atoms with Gasteiger partial charge in [-0.15, -0.1) is 0 Å². The maximum absolute atomic E-state index is 12.4. The molecule has 2 rings (SSSR count). The zero-order valence-corrected chi connectivity index (χ0v) is 10.7. The van der Waals surface area contributed by atoms with E-state index in [4.69, 9.17) is 5.73 Å². The van der Waals surface area contributed by atoms with Gasteiger partial charge in [0, 0.05) is 17.2 Å². The van der Waals surface area contributed by atoms with E-state index >= 15 is 0 Å². The number of aryl methyl sites for hydroxylation is 1. The van der Waals surface area contributed by atoms with Crippen LogP contribution in [0.4, 0.5) is 5.69 Å². The number of benzene rings is 1. The van der Waals surface area contributed by atoms with Crippen molar-refractivity contribution in [1.29, 1.82) is 0 Å². The first-order chi connectivity index (χ1) is 8.08. The quantitative estimate of drug-likeness (QED) is 0.624. The molecule has 1 aromatic carbocycles. The SMILES string of the molecule is Cc1ccc(N)c(C(=O)C2CCC(C)CC2)c1. The normalized spacial score (nSPS) is 24.6. The van der Waals surface area contributed by atoms with Crippen LogP contribution < -0.4 is 5.73 Å². The van der Waals surface area contributed by atoms with Crippen molar-refractivity contribution in [3.8, 4) is 0 Å². The molecular weight excluding hydrogens is 210 g/mol. The van der Waals surface area contributed by atoms with Gasteiger partial charge in [0.2, 0.25) is 0 Å². The first-order valence-electron chi connectivity index (χ1n) is 6.48. The number of hydrogen-bond acceptors (Lipinski definition) is 2. The Morgan fingerprint density at radius 1 is 1.24 bits per heavy atom. The molecule has 0 unspecified atom stereocenters. The van der Waals surface area contributed by atoms with Crippen LogP contribution in [-0.2, 0) is 0 Å². The summed E-state index contributed by atoms with van der Waals surface area (Å²) < 4.78 is 0. The lowest BCUT2D eigenvalue weighted by molar-refractivity contribution is 0.0876. The number of anilines is 1. The number of nitrogen functional groups attached to an aromatic ring is 1. The fourth-order valence-electron chi connectivity index (χ4n) is 2.63. The minimum atomic E-state index is 0.190. The number of ketones is 1. The Labute approximate surface area is 103 Å². The van der Waals surface area contributed by atoms with Crippen LogP contribution in [0.25, 0.3) is 0 Å². The Hall–Kier alpha value is -1.31. The summed E-state index contributed by atoms with van der Waals surface area (Å²) >= 11 is 0. The van der Waals surface area contributed by atoms with Crippen molar-refractivity contribution in [2.75, 3.05) is 5.73 Å². The number of carbonyl (C=O) groups excluding carboxylic acids is 1. The Bertz CT molecular complexity index is 417. The van der Waals surface area contributed by atoms with E-state index in [1.807, 2.05) is 25.1 Å². The molecule has 1 saturated carbocycles. The first kappa shape index (κ1) is 12.2. The monoisotopic (exact) mass is 231 g/mol. The molecule has 1 fully saturated rings. The summed E-state index contributed by atoms with van der Waals surface area (Å²) in [5, 5.41) is 0. The summed E-state index contributed by atoms with van der Waals surface area (Å²) in [5.41, 5.74) is 8.36. The van der Waals surface area contributed by atoms with Crippen molar-refractivity contribution in [1.82, 2.24) is 0 Å². The molecule has 0 bridgehead atoms. The Balaban J connectivity index is 2.16. The van der Waals surface area contributed by atoms with E-state index in [1.54, 1.807) is 0 Å². The van der Waals surface area contributed by atoms with Crippen molar-refractivity contribution >= 4 is 11.5 Å². The first-order valence-corrected chi connectivity index (χ1v) is 6.48. The Morgan fingerprint density at radius 3 is 2.53 bits per heavy atom. The average Bonchev–Trinajstić information content (AvgIpc) is 2.32. The molecule has 2 heteroatoms. The molecule has 1 aliphatic carbocycles. The van der Waals surface area contributed by atoms with E-state index in [1.165, 1.54) is 12.8 Å². The van der Waals surface area contributed by atoms with Gasteiger partial charge in [-0.25, -0.2) is 0 Å². The van der Waals surface area contributed by atoms with Crippen LogP contribution in [0, 0.1) is 18.8 Å². The van der Waals surface area contributed by atoms with Gasteiger partial charge in [0.15, 0.2) is 5.78 Å². The summed E-state index contributed by atoms with van der Waals surface area (Å²) in [6.45, 7) is 4.26. The molecule has 2 N–H and O–H groups in total. The second-order valence-electron chi connectivity index (χ2n) is 5.41.